The van der Waals surface area contributed by atoms with E-state index in [0.29, 0.717) is 48.3 Å². The summed E-state index contributed by atoms with van der Waals surface area (Å²) < 4.78 is 12.0. The van der Waals surface area contributed by atoms with Crippen molar-refractivity contribution in [2.24, 2.45) is 5.41 Å². The van der Waals surface area contributed by atoms with Gasteiger partial charge < -0.3 is 19.5 Å². The molecule has 10 nitrogen and oxygen atoms in total. The molecule has 1 aromatic carbocycles. The summed E-state index contributed by atoms with van der Waals surface area (Å²) in [6.07, 6.45) is 3.08. The largest absolute Gasteiger partial charge is 0.474 e. The van der Waals surface area contributed by atoms with E-state index in [9.17, 15) is 19.5 Å². The van der Waals surface area contributed by atoms with Gasteiger partial charge in [0.25, 0.3) is 11.1 Å². The fraction of sp³-hybridized carbons (Fsp3) is 0.423. The van der Waals surface area contributed by atoms with E-state index in [-0.39, 0.29) is 28.7 Å². The third-order valence-electron chi connectivity index (χ3n) is 6.29. The number of likely N-dealkylation sites (N-methyl/N-ethyl adjacent to an activating group) is 1. The first-order chi connectivity index (χ1) is 17.5. The molecule has 2 saturated heterocycles. The molecule has 2 unspecified atom stereocenters. The van der Waals surface area contributed by atoms with Crippen LogP contribution in [-0.4, -0.2) is 67.3 Å². The van der Waals surface area contributed by atoms with Crippen LogP contribution in [0.2, 0.25) is 0 Å². The number of likely N-dealkylation sites (tertiary alicyclic amines) is 1. The average Bonchev–Trinajstić information content (AvgIpc) is 3.11. The van der Waals surface area contributed by atoms with E-state index in [2.05, 4.69) is 9.97 Å². The van der Waals surface area contributed by atoms with Crippen molar-refractivity contribution in [1.82, 2.24) is 19.8 Å². The number of carbonyl (C=O) groups is 3. The molecule has 0 aliphatic carbocycles. The molecule has 37 heavy (non-hydrogen) atoms. The zero-order valence-corrected chi connectivity index (χ0v) is 22.0. The number of piperidine rings is 1. The molecule has 196 valence electrons. The molecule has 2 aliphatic heterocycles. The number of carbonyl (C=O) groups excluding carboxylic acids is 2. The van der Waals surface area contributed by atoms with Crippen LogP contribution in [-0.2, 0) is 4.79 Å². The van der Waals surface area contributed by atoms with Crippen molar-refractivity contribution in [2.75, 3.05) is 13.1 Å². The smallest absolute Gasteiger partial charge is 0.407 e. The topological polar surface area (TPSA) is 122 Å². The lowest BCUT2D eigenvalue weighted by Gasteiger charge is -2.44. The third kappa shape index (κ3) is 6.22. The number of benzene rings is 1. The molecule has 0 radical (unpaired) electrons. The van der Waals surface area contributed by atoms with Crippen molar-refractivity contribution in [3.8, 4) is 17.5 Å². The molecule has 0 spiro atoms. The van der Waals surface area contributed by atoms with Gasteiger partial charge in [-0.05, 0) is 47.9 Å². The number of nitrogens with zero attached hydrogens (tertiary/aromatic N) is 4. The van der Waals surface area contributed by atoms with Crippen LogP contribution in [0.4, 0.5) is 9.59 Å². The van der Waals surface area contributed by atoms with Crippen LogP contribution in [0.25, 0.3) is 6.08 Å². The number of amides is 3. The molecule has 2 aliphatic rings. The maximum absolute atomic E-state index is 12.3. The molecule has 11 heteroatoms. The van der Waals surface area contributed by atoms with Crippen LogP contribution in [0.3, 0.4) is 0 Å². The number of ether oxygens (including phenoxy) is 2. The van der Waals surface area contributed by atoms with E-state index in [4.69, 9.17) is 9.47 Å². The molecule has 1 N–H and O–H groups in total. The Morgan fingerprint density at radius 1 is 1.19 bits per heavy atom. The van der Waals surface area contributed by atoms with Crippen molar-refractivity contribution in [2.45, 2.75) is 52.7 Å². The number of hydrogen-bond donors (Lipinski definition) is 1. The second-order valence-electron chi connectivity index (χ2n) is 9.91. The highest BCUT2D eigenvalue weighted by Crippen LogP contribution is 2.34. The van der Waals surface area contributed by atoms with Crippen molar-refractivity contribution in [3.05, 3.63) is 47.1 Å². The molecule has 0 saturated carbocycles. The lowest BCUT2D eigenvalue weighted by atomic mass is 9.80. The van der Waals surface area contributed by atoms with E-state index in [1.165, 1.54) is 16.1 Å². The Kier molecular flexibility index (Phi) is 7.72. The summed E-state index contributed by atoms with van der Waals surface area (Å²) in [7, 11) is 0. The van der Waals surface area contributed by atoms with Crippen LogP contribution in [0.1, 0.15) is 46.1 Å². The lowest BCUT2D eigenvalue weighted by molar-refractivity contribution is -0.122. The van der Waals surface area contributed by atoms with Crippen molar-refractivity contribution < 1.29 is 29.0 Å². The molecular weight excluding hydrogens is 496 g/mol. The Morgan fingerprint density at radius 2 is 1.89 bits per heavy atom. The quantitative estimate of drug-likeness (QED) is 0.502. The fourth-order valence-electron chi connectivity index (χ4n) is 4.38. The molecule has 2 aromatic rings. The molecule has 3 heterocycles. The van der Waals surface area contributed by atoms with E-state index in [1.54, 1.807) is 43.3 Å². The first kappa shape index (κ1) is 26.5. The molecule has 2 fully saturated rings. The van der Waals surface area contributed by atoms with Gasteiger partial charge in [-0.3, -0.25) is 14.5 Å². The SMILES string of the molecule is CCN1C(=O)SC(=Cc2ccc(Oc3cc(OC4CCN(C(=O)O)C(C(C)(C)C)C4)ncn3)cc2)C1=O. The molecule has 3 amide bonds. The predicted molar refractivity (Wildman–Crippen MR) is 139 cm³/mol. The number of imide groups is 1. The summed E-state index contributed by atoms with van der Waals surface area (Å²) >= 11 is 0.931. The van der Waals surface area contributed by atoms with E-state index in [0.717, 1.165) is 17.3 Å². The van der Waals surface area contributed by atoms with E-state index in [1.807, 2.05) is 20.8 Å². The molecular formula is C26H30N4O6S. The maximum atomic E-state index is 12.3. The lowest BCUT2D eigenvalue weighted by Crippen LogP contribution is -2.53. The zero-order chi connectivity index (χ0) is 26.7. The highest BCUT2D eigenvalue weighted by Gasteiger charge is 2.39. The van der Waals surface area contributed by atoms with Crippen LogP contribution < -0.4 is 9.47 Å². The van der Waals surface area contributed by atoms with Crippen molar-refractivity contribution in [3.63, 3.8) is 0 Å². The van der Waals surface area contributed by atoms with Crippen LogP contribution in [0, 0.1) is 5.41 Å². The first-order valence-corrected chi connectivity index (χ1v) is 12.9. The Hall–Kier alpha value is -3.60. The fourth-order valence-corrected chi connectivity index (χ4v) is 5.28. The van der Waals surface area contributed by atoms with Gasteiger partial charge in [-0.1, -0.05) is 32.9 Å². The number of hydrogen-bond acceptors (Lipinski definition) is 8. The van der Waals surface area contributed by atoms with Crippen LogP contribution in [0.15, 0.2) is 41.6 Å². The standard InChI is InChI=1S/C26H30N4O6S/c1-5-29-23(31)19(37-25(29)34)12-16-6-8-17(9-7-16)35-21-14-22(28-15-27-21)36-18-10-11-30(24(32)33)20(13-18)26(2,3)4/h6-9,12,14-15,18,20H,5,10-11,13H2,1-4H3,(H,32,33). The van der Waals surface area contributed by atoms with Gasteiger partial charge in [-0.15, -0.1) is 0 Å². The second kappa shape index (κ2) is 10.8. The van der Waals surface area contributed by atoms with Gasteiger partial charge in [0.05, 0.1) is 11.0 Å². The Labute approximate surface area is 219 Å². The van der Waals surface area contributed by atoms with Gasteiger partial charge in [0.2, 0.25) is 11.8 Å². The summed E-state index contributed by atoms with van der Waals surface area (Å²) in [5.41, 5.74) is 0.540. The Balaban J connectivity index is 1.40. The summed E-state index contributed by atoms with van der Waals surface area (Å²) in [6.45, 7) is 8.58. The Morgan fingerprint density at radius 3 is 2.51 bits per heavy atom. The monoisotopic (exact) mass is 526 g/mol. The maximum Gasteiger partial charge on any atom is 0.407 e. The van der Waals surface area contributed by atoms with Gasteiger partial charge in [0, 0.05) is 32.0 Å². The highest BCUT2D eigenvalue weighted by molar-refractivity contribution is 8.18. The number of aromatic nitrogens is 2. The average molecular weight is 527 g/mol. The van der Waals surface area contributed by atoms with E-state index < -0.39 is 6.09 Å². The van der Waals surface area contributed by atoms with Gasteiger partial charge in [-0.2, -0.15) is 0 Å². The number of thioether (sulfide) groups is 1. The molecule has 2 atom stereocenters. The summed E-state index contributed by atoms with van der Waals surface area (Å²) in [5.74, 6) is 0.909. The van der Waals surface area contributed by atoms with Crippen LogP contribution in [0.5, 0.6) is 17.5 Å². The van der Waals surface area contributed by atoms with Crippen molar-refractivity contribution in [1.29, 1.82) is 0 Å². The normalized spacial score (nSPS) is 21.5. The minimum atomic E-state index is -0.914. The highest BCUT2D eigenvalue weighted by atomic mass is 32.2. The molecule has 4 rings (SSSR count). The minimum Gasteiger partial charge on any atom is -0.474 e. The van der Waals surface area contributed by atoms with Crippen LogP contribution >= 0.6 is 11.8 Å². The minimum absolute atomic E-state index is 0.170. The van der Waals surface area contributed by atoms with Crippen molar-refractivity contribution >= 4 is 35.1 Å². The third-order valence-corrected chi connectivity index (χ3v) is 7.20. The number of rotatable bonds is 6. The van der Waals surface area contributed by atoms with Gasteiger partial charge in [0.15, 0.2) is 0 Å². The number of carboxylic acid groups (broad SMARTS) is 1. The predicted octanol–water partition coefficient (Wildman–Crippen LogP) is 5.26. The van der Waals surface area contributed by atoms with E-state index >= 15 is 0 Å². The van der Waals surface area contributed by atoms with Gasteiger partial charge in [-0.25, -0.2) is 14.8 Å². The molecule has 0 bridgehead atoms. The van der Waals surface area contributed by atoms with Gasteiger partial charge >= 0.3 is 6.09 Å². The second-order valence-corrected chi connectivity index (χ2v) is 10.9. The molecule has 1 aromatic heterocycles. The summed E-state index contributed by atoms with van der Waals surface area (Å²) in [5, 5.41) is 9.31. The van der Waals surface area contributed by atoms with Gasteiger partial charge in [0.1, 0.15) is 18.2 Å². The summed E-state index contributed by atoms with van der Waals surface area (Å²) in [4.78, 5) is 47.3. The summed E-state index contributed by atoms with van der Waals surface area (Å²) in [6, 6.07) is 8.50. The Bertz CT molecular complexity index is 1210. The zero-order valence-electron chi connectivity index (χ0n) is 21.2. The first-order valence-electron chi connectivity index (χ1n) is 12.1.